The van der Waals surface area contributed by atoms with Crippen LogP contribution in [0.5, 0.6) is 0 Å². The van der Waals surface area contributed by atoms with E-state index in [1.165, 1.54) is 0 Å². The standard InChI is InChI=1S/C16H25NO7/c1-5-9-10-11(13(19)22-6-2)12(18)17-16(10,14(20)23-7-3)15(21)24-8-4/h10-11H,5-9H2,1-4H3,(H,17,18). The Labute approximate surface area is 141 Å². The van der Waals surface area contributed by atoms with Crippen molar-refractivity contribution in [1.82, 2.24) is 5.32 Å². The largest absolute Gasteiger partial charge is 0.465 e. The summed E-state index contributed by atoms with van der Waals surface area (Å²) in [5.41, 5.74) is -2.02. The first-order chi connectivity index (χ1) is 11.4. The molecule has 1 heterocycles. The molecule has 1 aliphatic rings. The van der Waals surface area contributed by atoms with Crippen LogP contribution in [0.1, 0.15) is 40.5 Å². The Morgan fingerprint density at radius 1 is 0.958 bits per heavy atom. The topological polar surface area (TPSA) is 108 Å². The zero-order chi connectivity index (χ0) is 18.3. The van der Waals surface area contributed by atoms with Gasteiger partial charge in [0.1, 0.15) is 5.92 Å². The van der Waals surface area contributed by atoms with Crippen LogP contribution < -0.4 is 5.32 Å². The molecule has 1 N–H and O–H groups in total. The van der Waals surface area contributed by atoms with E-state index in [9.17, 15) is 19.2 Å². The van der Waals surface area contributed by atoms with Crippen molar-refractivity contribution in [3.05, 3.63) is 0 Å². The fraction of sp³-hybridized carbons (Fsp3) is 0.750. The maximum Gasteiger partial charge on any atom is 0.344 e. The molecule has 2 atom stereocenters. The van der Waals surface area contributed by atoms with E-state index in [0.29, 0.717) is 6.42 Å². The number of esters is 3. The van der Waals surface area contributed by atoms with Gasteiger partial charge in [-0.1, -0.05) is 13.3 Å². The van der Waals surface area contributed by atoms with Gasteiger partial charge in [0.25, 0.3) is 0 Å². The molecule has 0 bridgehead atoms. The first-order valence-electron chi connectivity index (χ1n) is 8.23. The van der Waals surface area contributed by atoms with Crippen LogP contribution in [0.25, 0.3) is 0 Å². The lowest BCUT2D eigenvalue weighted by molar-refractivity contribution is -0.169. The quantitative estimate of drug-likeness (QED) is 0.390. The van der Waals surface area contributed by atoms with Crippen molar-refractivity contribution in [1.29, 1.82) is 0 Å². The van der Waals surface area contributed by atoms with E-state index in [-0.39, 0.29) is 26.2 Å². The second-order valence-corrected chi connectivity index (χ2v) is 5.36. The number of carbonyl (C=O) groups is 4. The summed E-state index contributed by atoms with van der Waals surface area (Å²) in [5.74, 6) is -5.49. The van der Waals surface area contributed by atoms with E-state index in [2.05, 4.69) is 5.32 Å². The Kier molecular flexibility index (Phi) is 7.18. The molecular weight excluding hydrogens is 318 g/mol. The fourth-order valence-corrected chi connectivity index (χ4v) is 2.97. The Bertz CT molecular complexity index is 485. The van der Waals surface area contributed by atoms with Crippen molar-refractivity contribution in [3.8, 4) is 0 Å². The molecule has 24 heavy (non-hydrogen) atoms. The molecule has 0 aromatic carbocycles. The van der Waals surface area contributed by atoms with Gasteiger partial charge in [0.05, 0.1) is 19.8 Å². The number of nitrogens with one attached hydrogen (secondary N) is 1. The molecule has 0 aromatic rings. The summed E-state index contributed by atoms with van der Waals surface area (Å²) >= 11 is 0. The van der Waals surface area contributed by atoms with Gasteiger partial charge in [-0.05, 0) is 27.2 Å². The lowest BCUT2D eigenvalue weighted by Crippen LogP contribution is -2.61. The molecule has 1 saturated heterocycles. The minimum absolute atomic E-state index is 0.0266. The van der Waals surface area contributed by atoms with E-state index < -0.39 is 41.2 Å². The van der Waals surface area contributed by atoms with Gasteiger partial charge in [-0.3, -0.25) is 9.59 Å². The predicted molar refractivity (Wildman–Crippen MR) is 82.7 cm³/mol. The zero-order valence-electron chi connectivity index (χ0n) is 14.5. The van der Waals surface area contributed by atoms with Gasteiger partial charge >= 0.3 is 17.9 Å². The van der Waals surface area contributed by atoms with Crippen LogP contribution in [-0.2, 0) is 33.4 Å². The van der Waals surface area contributed by atoms with E-state index >= 15 is 0 Å². The van der Waals surface area contributed by atoms with Gasteiger partial charge < -0.3 is 19.5 Å². The highest BCUT2D eigenvalue weighted by molar-refractivity contribution is 6.14. The molecule has 2 unspecified atom stereocenters. The van der Waals surface area contributed by atoms with Gasteiger partial charge in [0.15, 0.2) is 0 Å². The van der Waals surface area contributed by atoms with Crippen molar-refractivity contribution in [3.63, 3.8) is 0 Å². The molecule has 0 aliphatic carbocycles. The second kappa shape index (κ2) is 8.65. The van der Waals surface area contributed by atoms with E-state index in [1.54, 1.807) is 20.8 Å². The van der Waals surface area contributed by atoms with Crippen molar-refractivity contribution < 1.29 is 33.4 Å². The number of rotatable bonds is 8. The highest BCUT2D eigenvalue weighted by atomic mass is 16.6. The van der Waals surface area contributed by atoms with E-state index in [0.717, 1.165) is 0 Å². The zero-order valence-corrected chi connectivity index (χ0v) is 14.5. The first-order valence-corrected chi connectivity index (χ1v) is 8.23. The van der Waals surface area contributed by atoms with Crippen molar-refractivity contribution in [2.24, 2.45) is 11.8 Å². The average molecular weight is 343 g/mol. The predicted octanol–water partition coefficient (Wildman–Crippen LogP) is 0.577. The van der Waals surface area contributed by atoms with Crippen LogP contribution >= 0.6 is 0 Å². The lowest BCUT2D eigenvalue weighted by atomic mass is 9.77. The highest BCUT2D eigenvalue weighted by Crippen LogP contribution is 2.39. The molecule has 0 spiro atoms. The lowest BCUT2D eigenvalue weighted by Gasteiger charge is -2.31. The molecule has 1 amide bonds. The van der Waals surface area contributed by atoms with Crippen LogP contribution in [0, 0.1) is 11.8 Å². The molecule has 0 aromatic heterocycles. The molecule has 8 nitrogen and oxygen atoms in total. The summed E-state index contributed by atoms with van der Waals surface area (Å²) in [6.45, 7) is 6.76. The van der Waals surface area contributed by atoms with Gasteiger partial charge in [-0.2, -0.15) is 0 Å². The Balaban J connectivity index is 3.38. The monoisotopic (exact) mass is 343 g/mol. The maximum absolute atomic E-state index is 12.6. The van der Waals surface area contributed by atoms with Crippen LogP contribution in [0.3, 0.4) is 0 Å². The summed E-state index contributed by atoms with van der Waals surface area (Å²) in [6.07, 6.45) is 0.829. The summed E-state index contributed by atoms with van der Waals surface area (Å²) in [6, 6.07) is 0. The molecule has 8 heteroatoms. The normalized spacial score (nSPS) is 21.8. The number of carbonyl (C=O) groups excluding carboxylic acids is 4. The Morgan fingerprint density at radius 3 is 1.88 bits per heavy atom. The summed E-state index contributed by atoms with van der Waals surface area (Å²) in [5, 5.41) is 2.37. The summed E-state index contributed by atoms with van der Waals surface area (Å²) in [7, 11) is 0. The van der Waals surface area contributed by atoms with Crippen LogP contribution in [-0.4, -0.2) is 49.2 Å². The van der Waals surface area contributed by atoms with E-state index in [4.69, 9.17) is 14.2 Å². The molecule has 1 fully saturated rings. The van der Waals surface area contributed by atoms with Crippen LogP contribution in [0.4, 0.5) is 0 Å². The average Bonchev–Trinajstić information content (AvgIpc) is 2.82. The van der Waals surface area contributed by atoms with Crippen molar-refractivity contribution in [2.75, 3.05) is 19.8 Å². The molecular formula is C16H25NO7. The van der Waals surface area contributed by atoms with Gasteiger partial charge in [0, 0.05) is 5.92 Å². The highest BCUT2D eigenvalue weighted by Gasteiger charge is 2.66. The van der Waals surface area contributed by atoms with Crippen molar-refractivity contribution >= 4 is 23.8 Å². The minimum Gasteiger partial charge on any atom is -0.465 e. The molecule has 1 rings (SSSR count). The number of hydrogen-bond donors (Lipinski definition) is 1. The number of hydrogen-bond acceptors (Lipinski definition) is 7. The second-order valence-electron chi connectivity index (χ2n) is 5.36. The number of amides is 1. The minimum atomic E-state index is -2.02. The smallest absolute Gasteiger partial charge is 0.344 e. The SMILES string of the molecule is CCCC1C(C(=O)OCC)C(=O)NC1(C(=O)OCC)C(=O)OCC. The van der Waals surface area contributed by atoms with Crippen LogP contribution in [0.15, 0.2) is 0 Å². The van der Waals surface area contributed by atoms with Gasteiger partial charge in [-0.25, -0.2) is 9.59 Å². The first kappa shape index (κ1) is 19.9. The summed E-state index contributed by atoms with van der Waals surface area (Å²) in [4.78, 5) is 49.7. The number of ether oxygens (including phenoxy) is 3. The summed E-state index contributed by atoms with van der Waals surface area (Å²) < 4.78 is 14.9. The Morgan fingerprint density at radius 2 is 1.46 bits per heavy atom. The molecule has 0 radical (unpaired) electrons. The van der Waals surface area contributed by atoms with Crippen molar-refractivity contribution in [2.45, 2.75) is 46.1 Å². The maximum atomic E-state index is 12.6. The third-order valence-corrected chi connectivity index (χ3v) is 3.90. The third kappa shape index (κ3) is 3.52. The Hall–Kier alpha value is -2.12. The van der Waals surface area contributed by atoms with Crippen LogP contribution in [0.2, 0.25) is 0 Å². The molecule has 136 valence electrons. The fourth-order valence-electron chi connectivity index (χ4n) is 2.97. The molecule has 0 saturated carbocycles. The van der Waals surface area contributed by atoms with Gasteiger partial charge in [-0.15, -0.1) is 0 Å². The molecule has 1 aliphatic heterocycles. The van der Waals surface area contributed by atoms with Gasteiger partial charge in [0.2, 0.25) is 11.4 Å². The van der Waals surface area contributed by atoms with E-state index in [1.807, 2.05) is 6.92 Å². The third-order valence-electron chi connectivity index (χ3n) is 3.90.